The number of hydrogen-bond acceptors (Lipinski definition) is 1. The molecule has 6 heavy (non-hydrogen) atoms. The van der Waals surface area contributed by atoms with Gasteiger partial charge in [0.05, 0.1) is 0 Å². The summed E-state index contributed by atoms with van der Waals surface area (Å²) in [5, 5.41) is 7.21. The van der Waals surface area contributed by atoms with Crippen molar-refractivity contribution in [3.05, 3.63) is 0 Å². The van der Waals surface area contributed by atoms with Gasteiger partial charge in [0, 0.05) is 0 Å². The van der Waals surface area contributed by atoms with E-state index in [4.69, 9.17) is 5.26 Å². The third-order valence-electron chi connectivity index (χ3n) is 0. The zero-order valence-corrected chi connectivity index (χ0v) is 5.06. The molecule has 40 valence electrons. The molecule has 0 spiro atoms. The molecule has 5 heteroatoms. The standard InChI is InChI=1S/CH2N2.3ClH/c2-1-3;;;/h2H2;3*1H/p-2. The minimum absolute atomic E-state index is 0. The first kappa shape index (κ1) is 33.2. The van der Waals surface area contributed by atoms with Crippen LogP contribution in [-0.4, -0.2) is 0 Å². The van der Waals surface area contributed by atoms with Crippen LogP contribution in [0, 0.1) is 11.5 Å². The SMILES string of the molecule is N#C[NH3+].[Cl-].[Cl-].[Cl-]. The minimum Gasteiger partial charge on any atom is -1.00 e. The molecule has 0 bridgehead atoms. The van der Waals surface area contributed by atoms with Crippen molar-refractivity contribution in [3.63, 3.8) is 0 Å². The van der Waals surface area contributed by atoms with Gasteiger partial charge in [0.1, 0.15) is 0 Å². The van der Waals surface area contributed by atoms with E-state index in [0.29, 0.717) is 0 Å². The van der Waals surface area contributed by atoms with Crippen LogP contribution >= 0.6 is 0 Å². The van der Waals surface area contributed by atoms with Gasteiger partial charge in [0.2, 0.25) is 0 Å². The monoisotopic (exact) mass is 148 g/mol. The van der Waals surface area contributed by atoms with Crippen molar-refractivity contribution in [2.24, 2.45) is 0 Å². The van der Waals surface area contributed by atoms with E-state index in [0.717, 1.165) is 0 Å². The molecule has 0 atom stereocenters. The second-order valence-corrected chi connectivity index (χ2v) is 0.158. The molecule has 0 saturated carbocycles. The molecule has 0 unspecified atom stereocenters. The van der Waals surface area contributed by atoms with Gasteiger partial charge >= 0.3 is 6.19 Å². The maximum atomic E-state index is 7.21. The quantitative estimate of drug-likeness (QED) is 0.342. The van der Waals surface area contributed by atoms with Crippen molar-refractivity contribution in [2.75, 3.05) is 0 Å². The summed E-state index contributed by atoms with van der Waals surface area (Å²) in [5.41, 5.74) is 2.79. The average Bonchev–Trinajstić information content (AvgIpc) is 0.918. The Morgan fingerprint density at radius 3 is 1.17 bits per heavy atom. The van der Waals surface area contributed by atoms with Crippen molar-refractivity contribution >= 4 is 0 Å². The molecule has 0 aliphatic rings. The van der Waals surface area contributed by atoms with E-state index >= 15 is 0 Å². The first-order valence-corrected chi connectivity index (χ1v) is 0.577. The Balaban J connectivity index is -0.00000000667. The molecule has 0 aromatic carbocycles. The van der Waals surface area contributed by atoms with Crippen molar-refractivity contribution in [3.8, 4) is 6.19 Å². The van der Waals surface area contributed by atoms with Gasteiger partial charge in [-0.25, -0.2) is 0 Å². The third-order valence-corrected chi connectivity index (χ3v) is 0. The molecular formula is CH3Cl3N2-2. The van der Waals surface area contributed by atoms with Gasteiger partial charge in [0.25, 0.3) is 0 Å². The van der Waals surface area contributed by atoms with E-state index in [9.17, 15) is 0 Å². The van der Waals surface area contributed by atoms with E-state index < -0.39 is 0 Å². The normalized spacial score (nSPS) is 1.33. The number of nitrogens with zero attached hydrogens (tertiary/aromatic N) is 1. The molecule has 0 heterocycles. The van der Waals surface area contributed by atoms with Crippen LogP contribution in [0.3, 0.4) is 0 Å². The molecule has 2 nitrogen and oxygen atoms in total. The summed E-state index contributed by atoms with van der Waals surface area (Å²) in [7, 11) is 0. The van der Waals surface area contributed by atoms with E-state index in [1.165, 1.54) is 6.19 Å². The summed E-state index contributed by atoms with van der Waals surface area (Å²) in [5.74, 6) is 0. The summed E-state index contributed by atoms with van der Waals surface area (Å²) in [4.78, 5) is 0. The maximum absolute atomic E-state index is 7.21. The highest BCUT2D eigenvalue weighted by Crippen LogP contribution is 0.794. The number of halogens is 3. The van der Waals surface area contributed by atoms with Crippen LogP contribution in [0.4, 0.5) is 0 Å². The first-order valence-electron chi connectivity index (χ1n) is 0.577. The Labute approximate surface area is 54.9 Å². The van der Waals surface area contributed by atoms with Crippen LogP contribution in [0.5, 0.6) is 0 Å². The fourth-order valence-electron chi connectivity index (χ4n) is 0. The summed E-state index contributed by atoms with van der Waals surface area (Å²) in [6.07, 6.45) is 1.50. The Morgan fingerprint density at radius 2 is 1.17 bits per heavy atom. The van der Waals surface area contributed by atoms with Crippen LogP contribution < -0.4 is 43.0 Å². The van der Waals surface area contributed by atoms with Crippen LogP contribution in [0.1, 0.15) is 0 Å². The zero-order chi connectivity index (χ0) is 2.71. The van der Waals surface area contributed by atoms with Crippen molar-refractivity contribution in [2.45, 2.75) is 0 Å². The summed E-state index contributed by atoms with van der Waals surface area (Å²) in [6, 6.07) is 0. The van der Waals surface area contributed by atoms with E-state index in [1.807, 2.05) is 0 Å². The number of rotatable bonds is 0. The second kappa shape index (κ2) is 57.0. The molecule has 0 aliphatic heterocycles. The predicted molar refractivity (Wildman–Crippen MR) is 8.50 cm³/mol. The molecule has 0 aliphatic carbocycles. The number of nitriles is 1. The Bertz CT molecular complexity index is 30.3. The predicted octanol–water partition coefficient (Wildman–Crippen LogP) is -10.3. The summed E-state index contributed by atoms with van der Waals surface area (Å²) in [6.45, 7) is 0. The molecule has 0 fully saturated rings. The van der Waals surface area contributed by atoms with Crippen molar-refractivity contribution in [1.29, 1.82) is 5.26 Å². The second-order valence-electron chi connectivity index (χ2n) is 0.158. The first-order chi connectivity index (χ1) is 1.41. The van der Waals surface area contributed by atoms with Gasteiger partial charge in [0.15, 0.2) is 0 Å². The maximum Gasteiger partial charge on any atom is 0.303 e. The fraction of sp³-hybridized carbons (Fsp3) is 0. The van der Waals surface area contributed by atoms with Crippen LogP contribution in [0.2, 0.25) is 0 Å². The fourth-order valence-corrected chi connectivity index (χ4v) is 0. The Morgan fingerprint density at radius 1 is 1.17 bits per heavy atom. The Kier molecular flexibility index (Phi) is 316. The highest BCUT2D eigenvalue weighted by atomic mass is 35.5. The molecule has 0 aromatic heterocycles. The van der Waals surface area contributed by atoms with Crippen molar-refractivity contribution in [1.82, 2.24) is 0 Å². The van der Waals surface area contributed by atoms with Crippen molar-refractivity contribution < 1.29 is 43.0 Å². The van der Waals surface area contributed by atoms with Crippen LogP contribution in [0.25, 0.3) is 0 Å². The zero-order valence-electron chi connectivity index (χ0n) is 2.79. The third kappa shape index (κ3) is 465. The van der Waals surface area contributed by atoms with Gasteiger partial charge in [-0.15, -0.1) is 5.26 Å². The largest absolute Gasteiger partial charge is 1.00 e. The topological polar surface area (TPSA) is 51.4 Å². The molecule has 3 N–H and O–H groups in total. The summed E-state index contributed by atoms with van der Waals surface area (Å²) < 4.78 is 0. The number of quaternary nitrogens is 1. The molecule has 0 amide bonds. The molecule has 0 radical (unpaired) electrons. The molecule has 0 saturated heterocycles. The molecular weight excluding hydrogens is 146 g/mol. The van der Waals surface area contributed by atoms with Gasteiger partial charge in [-0.1, -0.05) is 0 Å². The lowest BCUT2D eigenvalue weighted by Gasteiger charge is -1.15. The lowest BCUT2D eigenvalue weighted by Crippen LogP contribution is -3.00. The van der Waals surface area contributed by atoms with Gasteiger partial charge < -0.3 is 37.2 Å². The van der Waals surface area contributed by atoms with E-state index in [2.05, 4.69) is 5.73 Å². The van der Waals surface area contributed by atoms with Gasteiger partial charge in [-0.3, -0.25) is 5.73 Å². The number of hydrogen-bond donors (Lipinski definition) is 1. The molecule has 0 rings (SSSR count). The Hall–Kier alpha value is 0.320. The van der Waals surface area contributed by atoms with Gasteiger partial charge in [-0.05, 0) is 0 Å². The van der Waals surface area contributed by atoms with E-state index in [-0.39, 0.29) is 37.2 Å². The molecule has 0 aromatic rings. The minimum atomic E-state index is 0. The van der Waals surface area contributed by atoms with E-state index in [1.54, 1.807) is 0 Å². The lowest BCUT2D eigenvalue weighted by atomic mass is 11.5. The van der Waals surface area contributed by atoms with Gasteiger partial charge in [-0.2, -0.15) is 0 Å². The summed E-state index contributed by atoms with van der Waals surface area (Å²) >= 11 is 0. The highest BCUT2D eigenvalue weighted by Gasteiger charge is 1.22. The smallest absolute Gasteiger partial charge is 0.303 e. The van der Waals surface area contributed by atoms with Crippen LogP contribution in [0.15, 0.2) is 0 Å². The van der Waals surface area contributed by atoms with Crippen LogP contribution in [-0.2, 0) is 0 Å². The highest BCUT2D eigenvalue weighted by molar-refractivity contribution is 4.25. The average molecular weight is 149 g/mol. The lowest BCUT2D eigenvalue weighted by molar-refractivity contribution is -0.252.